The van der Waals surface area contributed by atoms with E-state index in [1.54, 1.807) is 13.8 Å². The van der Waals surface area contributed by atoms with Crippen molar-refractivity contribution in [2.45, 2.75) is 282 Å². The fraction of sp³-hybridized carbons (Fsp3) is 0.845. The van der Waals surface area contributed by atoms with E-state index < -0.39 is 211 Å². The average Bonchev–Trinajstić information content (AvgIpc) is 1.58. The Hall–Kier alpha value is -6.39. The van der Waals surface area contributed by atoms with Crippen LogP contribution in [0, 0.1) is 47.3 Å². The quantitative estimate of drug-likeness (QED) is 0.130. The molecule has 3 heterocycles. The zero-order valence-electron chi connectivity index (χ0n) is 61.6. The van der Waals surface area contributed by atoms with Gasteiger partial charge in [-0.25, -0.2) is 8.78 Å². The fourth-order valence-corrected chi connectivity index (χ4v) is 16.0. The second-order valence-corrected chi connectivity index (χ2v) is 31.0. The van der Waals surface area contributed by atoms with Crippen LogP contribution in [0.15, 0.2) is 0 Å². The molecule has 30 heteroatoms. The summed E-state index contributed by atoms with van der Waals surface area (Å²) in [4.78, 5) is 172. The van der Waals surface area contributed by atoms with Gasteiger partial charge in [-0.2, -0.15) is 26.3 Å². The van der Waals surface area contributed by atoms with E-state index in [0.29, 0.717) is 32.1 Å². The molecule has 3 saturated carbocycles. The highest BCUT2D eigenvalue weighted by molar-refractivity contribution is 6.00. The molecule has 3 aliphatic heterocycles. The molecule has 574 valence electrons. The number of likely N-dealkylation sites (N-methyl/N-ethyl adjacent to an activating group) is 5. The van der Waals surface area contributed by atoms with E-state index in [2.05, 4.69) is 21.3 Å². The predicted octanol–water partition coefficient (Wildman–Crippen LogP) is 7.64. The highest BCUT2D eigenvalue weighted by Gasteiger charge is 2.55. The number of nitrogens with one attached hydrogen (secondary N) is 4. The van der Waals surface area contributed by atoms with E-state index in [0.717, 1.165) is 14.7 Å². The number of nitrogens with zero attached hydrogens (tertiary/aromatic N) is 7. The number of hydrogen-bond donors (Lipinski definition) is 4. The summed E-state index contributed by atoms with van der Waals surface area (Å²) < 4.78 is 114. The molecule has 6 rings (SSSR count). The van der Waals surface area contributed by atoms with Crippen molar-refractivity contribution in [2.75, 3.05) is 54.9 Å². The van der Waals surface area contributed by atoms with Gasteiger partial charge in [0.2, 0.25) is 65.0 Å². The van der Waals surface area contributed by atoms with Gasteiger partial charge in [-0.1, -0.05) is 81.1 Å². The van der Waals surface area contributed by atoms with E-state index in [4.69, 9.17) is 0 Å². The Morgan fingerprint density at radius 1 is 0.545 bits per heavy atom. The maximum Gasteiger partial charge on any atom is 0.397 e. The summed E-state index contributed by atoms with van der Waals surface area (Å²) in [5.74, 6) is -15.2. The summed E-state index contributed by atoms with van der Waals surface area (Å²) in [6.45, 7) is 15.3. The summed E-state index contributed by atoms with van der Waals surface area (Å²) in [5.41, 5.74) is -1.60. The summed E-state index contributed by atoms with van der Waals surface area (Å²) in [7, 11) is 6.82. The zero-order chi connectivity index (χ0) is 75.7. The molecule has 13 atom stereocenters. The van der Waals surface area contributed by atoms with Gasteiger partial charge < -0.3 is 55.6 Å². The van der Waals surface area contributed by atoms with Gasteiger partial charge in [0.1, 0.15) is 72.1 Å². The van der Waals surface area contributed by atoms with Crippen molar-refractivity contribution in [3.8, 4) is 0 Å². The number of alkyl halides is 8. The number of hydrogen-bond acceptors (Lipinski definition) is 11. The number of amides is 11. The minimum atomic E-state index is -5.19. The predicted molar refractivity (Wildman–Crippen MR) is 359 cm³/mol. The van der Waals surface area contributed by atoms with Gasteiger partial charge >= 0.3 is 12.4 Å². The van der Waals surface area contributed by atoms with Crippen molar-refractivity contribution in [2.24, 2.45) is 47.3 Å². The molecule has 0 aromatic heterocycles. The molecule has 4 N–H and O–H groups in total. The minimum Gasteiger partial charge on any atom is -0.351 e. The average molecular weight is 1450 g/mol. The Morgan fingerprint density at radius 2 is 1.13 bits per heavy atom. The molecule has 2 unspecified atom stereocenters. The first-order chi connectivity index (χ1) is 47.1. The van der Waals surface area contributed by atoms with Crippen molar-refractivity contribution >= 4 is 65.0 Å². The Kier molecular flexibility index (Phi) is 29.3. The summed E-state index contributed by atoms with van der Waals surface area (Å²) in [6, 6.07) is -11.1. The van der Waals surface area contributed by atoms with Gasteiger partial charge in [-0.3, -0.25) is 52.7 Å². The Bertz CT molecular complexity index is 2920. The molecule has 11 amide bonds. The van der Waals surface area contributed by atoms with Gasteiger partial charge in [0.05, 0.1) is 12.5 Å². The lowest BCUT2D eigenvalue weighted by Crippen LogP contribution is -2.65. The van der Waals surface area contributed by atoms with Crippen LogP contribution in [0.1, 0.15) is 197 Å². The van der Waals surface area contributed by atoms with Crippen LogP contribution in [0.4, 0.5) is 35.1 Å². The van der Waals surface area contributed by atoms with E-state index in [-0.39, 0.29) is 108 Å². The van der Waals surface area contributed by atoms with Crippen molar-refractivity contribution in [3.05, 3.63) is 0 Å². The molecular weight excluding hydrogens is 1330 g/mol. The molecule has 22 nitrogen and oxygen atoms in total. The van der Waals surface area contributed by atoms with Crippen molar-refractivity contribution in [3.63, 3.8) is 0 Å². The molecule has 0 bridgehead atoms. The summed E-state index contributed by atoms with van der Waals surface area (Å²) >= 11 is 0. The Labute approximate surface area is 590 Å². The minimum absolute atomic E-state index is 0.0194. The number of fused-ring (bicyclic) bond motifs is 2. The second-order valence-electron chi connectivity index (χ2n) is 31.0. The lowest BCUT2D eigenvalue weighted by molar-refractivity contribution is -0.219. The van der Waals surface area contributed by atoms with Crippen LogP contribution in [0.25, 0.3) is 0 Å². The second kappa shape index (κ2) is 35.4. The first kappa shape index (κ1) is 83.6. The van der Waals surface area contributed by atoms with Crippen LogP contribution in [0.3, 0.4) is 0 Å². The van der Waals surface area contributed by atoms with Gasteiger partial charge in [-0.15, -0.1) is 0 Å². The fourth-order valence-electron chi connectivity index (χ4n) is 16.0. The molecule has 0 aromatic rings. The highest BCUT2D eigenvalue weighted by atomic mass is 19.4. The smallest absolute Gasteiger partial charge is 0.351 e. The lowest BCUT2D eigenvalue weighted by Gasteiger charge is -2.45. The first-order valence-corrected chi connectivity index (χ1v) is 36.6. The molecule has 0 aromatic carbocycles. The SMILES string of the molecule is CC[C@H](C)[C@@H]1NC(=O)[C@H](CC(C)C)N(C)C(=O)C[C@@H](CC(C)C)NC(=O)[C@H]([C@@H](C)CC)N(C)C(=O)C2(CCCC2)NC(=O)[C@@H]2CCCN2C(=O)[C@H](CCC2CC(F)C(C(F)(F)F)C(F)C2)NC(=O)CN(C)C(=O)[C@H](CC2CCC(C(F)(F)F)CC2)N(C)C(=O)[C@@H]2CCN2C(=O)[C@H](C)N(C)C1=O. The third-order valence-corrected chi connectivity index (χ3v) is 22.8. The molecule has 6 aliphatic rings. The molecule has 1 spiro atoms. The number of carbonyl (C=O) groups excluding carboxylic acids is 11. The molecular formula is C71H113F8N11O11. The van der Waals surface area contributed by atoms with Crippen LogP contribution >= 0.6 is 0 Å². The lowest BCUT2D eigenvalue weighted by atomic mass is 9.76. The third-order valence-electron chi connectivity index (χ3n) is 22.8. The van der Waals surface area contributed by atoms with Crippen molar-refractivity contribution < 1.29 is 87.9 Å². The highest BCUT2D eigenvalue weighted by Crippen LogP contribution is 2.45. The maximum absolute atomic E-state index is 15.3. The Morgan fingerprint density at radius 3 is 1.66 bits per heavy atom. The zero-order valence-corrected chi connectivity index (χ0v) is 61.6. The number of carbonyl (C=O) groups is 11. The van der Waals surface area contributed by atoms with Crippen molar-refractivity contribution in [1.29, 1.82) is 0 Å². The van der Waals surface area contributed by atoms with E-state index in [9.17, 15) is 69.5 Å². The topological polar surface area (TPSA) is 259 Å². The van der Waals surface area contributed by atoms with Gasteiger partial charge in [0.25, 0.3) is 0 Å². The molecule has 101 heavy (non-hydrogen) atoms. The van der Waals surface area contributed by atoms with E-state index in [1.807, 2.05) is 41.5 Å². The summed E-state index contributed by atoms with van der Waals surface area (Å²) in [6.07, 6.45) is -15.2. The normalized spacial score (nSPS) is 32.3. The van der Waals surface area contributed by atoms with E-state index >= 15 is 18.4 Å². The maximum atomic E-state index is 15.3. The largest absolute Gasteiger partial charge is 0.397 e. The van der Waals surface area contributed by atoms with E-state index in [1.165, 1.54) is 61.8 Å². The van der Waals surface area contributed by atoms with Crippen LogP contribution in [0.5, 0.6) is 0 Å². The van der Waals surface area contributed by atoms with Gasteiger partial charge in [0.15, 0.2) is 0 Å². The molecule has 6 fully saturated rings. The number of rotatable bonds is 13. The first-order valence-electron chi connectivity index (χ1n) is 36.6. The monoisotopic (exact) mass is 1450 g/mol. The summed E-state index contributed by atoms with van der Waals surface area (Å²) in [5, 5.41) is 11.6. The van der Waals surface area contributed by atoms with Gasteiger partial charge in [0, 0.05) is 60.8 Å². The standard InChI is InChI=1S/C71H113F8N11O11/c1-15-41(7)58-67(100)85(11)43(9)63(96)90-31-27-52(90)66(99)87(13)54(36-44-21-24-46(25-22-44)70(74,75)76)65(98)84(10)38-55(91)81-50(26-23-45-34-48(72)57(49(73)35-45)71(77,78)79)64(97)89-30-19-20-51(89)61(94)83-69(28-17-18-29-69)68(101)88(14)59(42(8)16-2)62(95)80-47(32-39(3)4)37-56(92)86(12)53(33-40(5)6)60(93)82-58/h39-54,57-59H,15-38H2,1-14H3,(H,80,95)(H,81,91)(H,82,93)(H,83,94)/t41-,42-,43-,44?,45?,46?,47+,48?,49?,50-,51-,52-,53-,54-,57?,58-,59-/m0/s1. The molecule has 3 aliphatic carbocycles. The third kappa shape index (κ3) is 20.5. The Balaban J connectivity index is 1.41. The van der Waals surface area contributed by atoms with Crippen LogP contribution in [0.2, 0.25) is 0 Å². The molecule has 3 saturated heterocycles. The van der Waals surface area contributed by atoms with Crippen LogP contribution in [-0.4, -0.2) is 239 Å². The van der Waals surface area contributed by atoms with Crippen LogP contribution in [-0.2, 0) is 52.7 Å². The van der Waals surface area contributed by atoms with Gasteiger partial charge in [-0.05, 0) is 145 Å². The van der Waals surface area contributed by atoms with Crippen LogP contribution < -0.4 is 21.3 Å². The molecule has 0 radical (unpaired) electrons. The van der Waals surface area contributed by atoms with Crippen molar-refractivity contribution in [1.82, 2.24) is 55.6 Å². The number of halogens is 8.